The van der Waals surface area contributed by atoms with Crippen LogP contribution in [0.4, 0.5) is 5.69 Å². The number of imide groups is 1. The van der Waals surface area contributed by atoms with Crippen molar-refractivity contribution in [1.29, 1.82) is 0 Å². The molecule has 3 aliphatic heterocycles. The first-order valence-corrected chi connectivity index (χ1v) is 24.9. The lowest BCUT2D eigenvalue weighted by atomic mass is 9.89. The molecule has 17 heteroatoms. The summed E-state index contributed by atoms with van der Waals surface area (Å²) in [5.41, 5.74) is 1.38. The SMILES string of the molecule is CC[C@H](C)[C@@H]([C@@H](CC(=O)N1CCC[C@H]1[C@H](OC)[C@@H](C)C(=O)N[C@H](CO)Cc1cccc(NC(=O)CCCCCN2C(=O)C=CC2=O)c1)OC)N(C)C(=O)[C@@H](NC(=O)[C@@H]1[C@H]2CC[C@H](C2)N1C)C(C)C. The number of unbranched alkanes of at least 4 members (excludes halogenated alkanes) is 2. The number of hydrogen-bond donors (Lipinski definition) is 4. The second-order valence-corrected chi connectivity index (χ2v) is 20.0. The van der Waals surface area contributed by atoms with Gasteiger partial charge in [-0.05, 0) is 93.9 Å². The van der Waals surface area contributed by atoms with Crippen molar-refractivity contribution in [3.63, 3.8) is 0 Å². The molecular formula is C51H79N7O10. The Morgan fingerprint density at radius 1 is 0.941 bits per heavy atom. The minimum Gasteiger partial charge on any atom is -0.394 e. The van der Waals surface area contributed by atoms with E-state index in [2.05, 4.69) is 20.9 Å². The molecule has 68 heavy (non-hydrogen) atoms. The number of aliphatic hydroxyl groups is 1. The quantitative estimate of drug-likeness (QED) is 0.0779. The maximum atomic E-state index is 14.4. The third-order valence-electron chi connectivity index (χ3n) is 15.1. The molecule has 2 saturated heterocycles. The van der Waals surface area contributed by atoms with E-state index in [9.17, 15) is 38.7 Å². The maximum Gasteiger partial charge on any atom is 0.253 e. The summed E-state index contributed by atoms with van der Waals surface area (Å²) in [4.78, 5) is 99.4. The monoisotopic (exact) mass is 950 g/mol. The molecule has 0 unspecified atom stereocenters. The Morgan fingerprint density at radius 2 is 1.66 bits per heavy atom. The molecule has 378 valence electrons. The molecule has 4 N–H and O–H groups in total. The molecule has 1 aromatic carbocycles. The van der Waals surface area contributed by atoms with Crippen molar-refractivity contribution >= 4 is 47.0 Å². The molecule has 11 atom stereocenters. The molecule has 0 spiro atoms. The lowest BCUT2D eigenvalue weighted by Crippen LogP contribution is -2.60. The molecule has 1 aliphatic carbocycles. The van der Waals surface area contributed by atoms with Crippen molar-refractivity contribution in [1.82, 2.24) is 30.2 Å². The Morgan fingerprint density at radius 3 is 2.28 bits per heavy atom. The van der Waals surface area contributed by atoms with E-state index in [1.165, 1.54) is 24.2 Å². The van der Waals surface area contributed by atoms with Gasteiger partial charge in [-0.1, -0.05) is 59.6 Å². The zero-order valence-corrected chi connectivity index (χ0v) is 41.9. The molecule has 2 bridgehead atoms. The Kier molecular flexibility index (Phi) is 20.1. The van der Waals surface area contributed by atoms with Crippen molar-refractivity contribution in [2.45, 2.75) is 160 Å². The number of nitrogens with zero attached hydrogens (tertiary/aromatic N) is 4. The van der Waals surface area contributed by atoms with Crippen LogP contribution in [0, 0.1) is 23.7 Å². The number of ether oxygens (including phenoxy) is 2. The third-order valence-corrected chi connectivity index (χ3v) is 15.1. The molecule has 0 aromatic heterocycles. The van der Waals surface area contributed by atoms with Crippen LogP contribution in [-0.2, 0) is 49.5 Å². The second-order valence-electron chi connectivity index (χ2n) is 20.0. The smallest absolute Gasteiger partial charge is 0.253 e. The number of anilines is 1. The first kappa shape index (κ1) is 54.2. The fourth-order valence-corrected chi connectivity index (χ4v) is 11.0. The number of carbonyl (C=O) groups excluding carboxylic acids is 7. The van der Waals surface area contributed by atoms with Crippen LogP contribution in [0.3, 0.4) is 0 Å². The highest BCUT2D eigenvalue weighted by Gasteiger charge is 2.49. The Labute approximate surface area is 403 Å². The topological polar surface area (TPSA) is 207 Å². The maximum absolute atomic E-state index is 14.4. The number of rotatable bonds is 26. The number of piperidine rings is 1. The highest BCUT2D eigenvalue weighted by Crippen LogP contribution is 2.41. The summed E-state index contributed by atoms with van der Waals surface area (Å²) >= 11 is 0. The molecule has 0 radical (unpaired) electrons. The number of likely N-dealkylation sites (N-methyl/N-ethyl adjacent to an activating group) is 2. The second kappa shape index (κ2) is 25.2. The van der Waals surface area contributed by atoms with Crippen molar-refractivity contribution < 1.29 is 48.1 Å². The Hall–Kier alpha value is -4.71. The molecular weight excluding hydrogens is 871 g/mol. The first-order chi connectivity index (χ1) is 32.4. The zero-order chi connectivity index (χ0) is 49.8. The number of hydrogen-bond acceptors (Lipinski definition) is 11. The van der Waals surface area contributed by atoms with Gasteiger partial charge >= 0.3 is 0 Å². The number of likely N-dealkylation sites (tertiary alicyclic amines) is 2. The van der Waals surface area contributed by atoms with E-state index < -0.39 is 42.3 Å². The molecule has 3 heterocycles. The van der Waals surface area contributed by atoms with Crippen molar-refractivity contribution in [3.8, 4) is 0 Å². The van der Waals surface area contributed by atoms with Crippen molar-refractivity contribution in [2.75, 3.05) is 53.3 Å². The number of fused-ring (bicyclic) bond motifs is 2. The van der Waals surface area contributed by atoms with Crippen LogP contribution in [0.5, 0.6) is 0 Å². The summed E-state index contributed by atoms with van der Waals surface area (Å²) < 4.78 is 12.1. The van der Waals surface area contributed by atoms with Crippen LogP contribution >= 0.6 is 0 Å². The van der Waals surface area contributed by atoms with Crippen LogP contribution in [0.15, 0.2) is 36.4 Å². The molecule has 4 aliphatic rings. The summed E-state index contributed by atoms with van der Waals surface area (Å²) in [6.07, 6.45) is 8.85. The van der Waals surface area contributed by atoms with Crippen LogP contribution in [0.1, 0.15) is 111 Å². The van der Waals surface area contributed by atoms with Crippen LogP contribution < -0.4 is 16.0 Å². The molecule has 5 rings (SSSR count). The van der Waals surface area contributed by atoms with Gasteiger partial charge in [0.1, 0.15) is 6.04 Å². The van der Waals surface area contributed by atoms with Gasteiger partial charge in [0.05, 0.1) is 55.3 Å². The lowest BCUT2D eigenvalue weighted by molar-refractivity contribution is -0.148. The molecule has 17 nitrogen and oxygen atoms in total. The van der Waals surface area contributed by atoms with E-state index >= 15 is 0 Å². The molecule has 3 fully saturated rings. The van der Waals surface area contributed by atoms with Gasteiger partial charge in [0.15, 0.2) is 0 Å². The number of methoxy groups -OCH3 is 2. The fourth-order valence-electron chi connectivity index (χ4n) is 11.0. The number of benzene rings is 1. The van der Waals surface area contributed by atoms with Gasteiger partial charge in [0.25, 0.3) is 11.8 Å². The van der Waals surface area contributed by atoms with Crippen LogP contribution in [0.25, 0.3) is 0 Å². The van der Waals surface area contributed by atoms with Gasteiger partial charge in [-0.25, -0.2) is 0 Å². The van der Waals surface area contributed by atoms with E-state index in [1.54, 1.807) is 49.1 Å². The number of nitrogens with one attached hydrogen (secondary N) is 3. The first-order valence-electron chi connectivity index (χ1n) is 24.9. The normalized spacial score (nSPS) is 23.3. The van der Waals surface area contributed by atoms with E-state index in [0.29, 0.717) is 62.8 Å². The average molecular weight is 950 g/mol. The Bertz CT molecular complexity index is 1940. The minimum absolute atomic E-state index is 0.000676. The predicted octanol–water partition coefficient (Wildman–Crippen LogP) is 3.67. The van der Waals surface area contributed by atoms with E-state index in [1.807, 2.05) is 40.8 Å². The van der Waals surface area contributed by atoms with Crippen molar-refractivity contribution in [2.24, 2.45) is 23.7 Å². The fraction of sp³-hybridized carbons (Fsp3) is 0.706. The van der Waals surface area contributed by atoms with E-state index in [0.717, 1.165) is 37.7 Å². The molecule has 7 amide bonds. The Balaban J connectivity index is 1.15. The van der Waals surface area contributed by atoms with E-state index in [4.69, 9.17) is 9.47 Å². The highest BCUT2D eigenvalue weighted by molar-refractivity contribution is 6.12. The number of amides is 7. The minimum atomic E-state index is -0.748. The zero-order valence-electron chi connectivity index (χ0n) is 41.9. The summed E-state index contributed by atoms with van der Waals surface area (Å²) in [6, 6.07) is 5.13. The van der Waals surface area contributed by atoms with Gasteiger partial charge < -0.3 is 40.3 Å². The largest absolute Gasteiger partial charge is 0.394 e. The van der Waals surface area contributed by atoms with Crippen LogP contribution in [-0.4, -0.2) is 163 Å². The van der Waals surface area contributed by atoms with Crippen molar-refractivity contribution in [3.05, 3.63) is 42.0 Å². The standard InChI is InChI=1S/C51H79N7O10/c1-10-32(4)46(56(7)51(66)45(31(2)3)54-50(65)47-35-20-21-38(28-35)55(47)6)40(67-8)29-44(63)57-25-15-18-39(57)48(68-9)33(5)49(64)53-37(30-59)27-34-16-14-17-36(26-34)52-41(60)19-12-11-13-24-58-42(61)22-23-43(58)62/h14,16-17,22-23,26,31-33,35,37-40,45-48,59H,10-13,15,18-21,24-25,27-30H2,1-9H3,(H,52,60)(H,53,64)(H,54,65)/t32-,33+,35-,37-,38+,39-,40+,45-,46-,47-,48+/m0/s1. The molecule has 1 aromatic rings. The highest BCUT2D eigenvalue weighted by atomic mass is 16.5. The predicted molar refractivity (Wildman–Crippen MR) is 258 cm³/mol. The third kappa shape index (κ3) is 13.3. The molecule has 1 saturated carbocycles. The van der Waals surface area contributed by atoms with E-state index in [-0.39, 0.29) is 78.7 Å². The summed E-state index contributed by atoms with van der Waals surface area (Å²) in [7, 11) is 6.84. The summed E-state index contributed by atoms with van der Waals surface area (Å²) in [5.74, 6) is -2.23. The van der Waals surface area contributed by atoms with Gasteiger partial charge in [-0.2, -0.15) is 0 Å². The number of aliphatic hydroxyl groups excluding tert-OH is 1. The van der Waals surface area contributed by atoms with Crippen LogP contribution in [0.2, 0.25) is 0 Å². The van der Waals surface area contributed by atoms with Gasteiger partial charge in [-0.15, -0.1) is 0 Å². The van der Waals surface area contributed by atoms with Gasteiger partial charge in [-0.3, -0.25) is 43.4 Å². The summed E-state index contributed by atoms with van der Waals surface area (Å²) in [6.45, 7) is 10.2. The van der Waals surface area contributed by atoms with Gasteiger partial charge in [0.2, 0.25) is 29.5 Å². The summed E-state index contributed by atoms with van der Waals surface area (Å²) in [5, 5.41) is 19.4. The number of carbonyl (C=O) groups is 7. The van der Waals surface area contributed by atoms with Gasteiger partial charge in [0, 0.05) is 64.7 Å². The average Bonchev–Trinajstić information content (AvgIpc) is 4.13. The lowest BCUT2D eigenvalue weighted by Gasteiger charge is -2.41.